The van der Waals surface area contributed by atoms with E-state index in [-0.39, 0.29) is 17.9 Å². The average molecular weight is 313 g/mol. The van der Waals surface area contributed by atoms with Crippen molar-refractivity contribution < 1.29 is 9.18 Å². The molecule has 2 amide bonds. The van der Waals surface area contributed by atoms with Gasteiger partial charge in [0, 0.05) is 17.9 Å². The summed E-state index contributed by atoms with van der Waals surface area (Å²) in [4.78, 5) is 18.8. The number of hydrogen-bond acceptors (Lipinski definition) is 2. The van der Waals surface area contributed by atoms with E-state index in [2.05, 4.69) is 10.3 Å². The largest absolute Gasteiger partial charge is 0.322 e. The predicted molar refractivity (Wildman–Crippen MR) is 87.5 cm³/mol. The molecule has 0 aliphatic heterocycles. The number of amides is 2. The van der Waals surface area contributed by atoms with Crippen LogP contribution in [-0.4, -0.2) is 22.0 Å². The molecule has 0 bridgehead atoms. The van der Waals surface area contributed by atoms with Crippen LogP contribution in [0.25, 0.3) is 0 Å². The smallest absolute Gasteiger partial charge is 0.316 e. The lowest BCUT2D eigenvalue weighted by Crippen LogP contribution is -2.41. The van der Waals surface area contributed by atoms with E-state index in [1.807, 2.05) is 23.1 Å². The van der Waals surface area contributed by atoms with E-state index in [1.54, 1.807) is 18.3 Å². The van der Waals surface area contributed by atoms with Crippen molar-refractivity contribution >= 4 is 11.7 Å². The minimum Gasteiger partial charge on any atom is -0.316 e. The first-order valence-electron chi connectivity index (χ1n) is 7.95. The molecule has 1 aromatic heterocycles. The fourth-order valence-electron chi connectivity index (χ4n) is 2.98. The van der Waals surface area contributed by atoms with Crippen molar-refractivity contribution in [2.24, 2.45) is 0 Å². The van der Waals surface area contributed by atoms with Crippen LogP contribution in [0.1, 0.15) is 31.4 Å². The van der Waals surface area contributed by atoms with Gasteiger partial charge in [0.05, 0.1) is 12.2 Å². The molecule has 3 rings (SSSR count). The standard InChI is InChI=1S/C18H20FN3O/c19-14-8-10-15(11-9-14)21-18(23)22(17-6-1-2-7-17)13-16-5-3-4-12-20-16/h3-5,8-12,17H,1-2,6-7,13H2,(H,21,23). The van der Waals surface area contributed by atoms with E-state index in [0.717, 1.165) is 31.4 Å². The molecule has 4 nitrogen and oxygen atoms in total. The molecule has 1 aromatic carbocycles. The minimum absolute atomic E-state index is 0.158. The molecule has 1 saturated carbocycles. The third-order valence-electron chi connectivity index (χ3n) is 4.18. The summed E-state index contributed by atoms with van der Waals surface area (Å²) < 4.78 is 13.0. The molecule has 1 aliphatic carbocycles. The number of halogens is 1. The van der Waals surface area contributed by atoms with E-state index in [0.29, 0.717) is 12.2 Å². The molecule has 0 radical (unpaired) electrons. The highest BCUT2D eigenvalue weighted by atomic mass is 19.1. The Kier molecular flexibility index (Phi) is 4.86. The van der Waals surface area contributed by atoms with Crippen molar-refractivity contribution in [2.75, 3.05) is 5.32 Å². The van der Waals surface area contributed by atoms with Gasteiger partial charge in [-0.15, -0.1) is 0 Å². The number of rotatable bonds is 4. The molecule has 23 heavy (non-hydrogen) atoms. The molecule has 0 atom stereocenters. The molecule has 0 spiro atoms. The van der Waals surface area contributed by atoms with Gasteiger partial charge in [-0.3, -0.25) is 4.98 Å². The van der Waals surface area contributed by atoms with E-state index < -0.39 is 0 Å². The molecule has 5 heteroatoms. The zero-order valence-electron chi connectivity index (χ0n) is 12.9. The fourth-order valence-corrected chi connectivity index (χ4v) is 2.98. The first-order valence-corrected chi connectivity index (χ1v) is 7.95. The van der Waals surface area contributed by atoms with Crippen LogP contribution in [0.3, 0.4) is 0 Å². The minimum atomic E-state index is -0.316. The summed E-state index contributed by atoms with van der Waals surface area (Å²) in [5.74, 6) is -0.316. The van der Waals surface area contributed by atoms with Crippen molar-refractivity contribution in [3.8, 4) is 0 Å². The zero-order valence-corrected chi connectivity index (χ0v) is 12.9. The number of carbonyl (C=O) groups is 1. The van der Waals surface area contributed by atoms with Gasteiger partial charge in [-0.1, -0.05) is 18.9 Å². The van der Waals surface area contributed by atoms with Gasteiger partial charge in [-0.25, -0.2) is 9.18 Å². The quantitative estimate of drug-likeness (QED) is 0.919. The second kappa shape index (κ2) is 7.22. The van der Waals surface area contributed by atoms with E-state index in [4.69, 9.17) is 0 Å². The highest BCUT2D eigenvalue weighted by molar-refractivity contribution is 5.89. The molecule has 0 unspecified atom stereocenters. The van der Waals surface area contributed by atoms with Gasteiger partial charge in [-0.2, -0.15) is 0 Å². The van der Waals surface area contributed by atoms with Gasteiger partial charge < -0.3 is 10.2 Å². The van der Waals surface area contributed by atoms with Crippen LogP contribution in [0.2, 0.25) is 0 Å². The summed E-state index contributed by atoms with van der Waals surface area (Å²) >= 11 is 0. The molecule has 1 aliphatic rings. The Hall–Kier alpha value is -2.43. The molecular weight excluding hydrogens is 293 g/mol. The highest BCUT2D eigenvalue weighted by Gasteiger charge is 2.27. The van der Waals surface area contributed by atoms with Crippen LogP contribution >= 0.6 is 0 Å². The Labute approximate surface area is 135 Å². The topological polar surface area (TPSA) is 45.2 Å². The number of carbonyl (C=O) groups excluding carboxylic acids is 1. The van der Waals surface area contributed by atoms with Gasteiger partial charge >= 0.3 is 6.03 Å². The molecule has 0 saturated heterocycles. The SMILES string of the molecule is O=C(Nc1ccc(F)cc1)N(Cc1ccccn1)C1CCCC1. The highest BCUT2D eigenvalue weighted by Crippen LogP contribution is 2.25. The third-order valence-corrected chi connectivity index (χ3v) is 4.18. The maximum atomic E-state index is 13.0. The Balaban J connectivity index is 1.73. The van der Waals surface area contributed by atoms with E-state index >= 15 is 0 Å². The van der Waals surface area contributed by atoms with Crippen molar-refractivity contribution in [2.45, 2.75) is 38.3 Å². The number of benzene rings is 1. The average Bonchev–Trinajstić information content (AvgIpc) is 3.10. The lowest BCUT2D eigenvalue weighted by atomic mass is 10.2. The molecule has 1 fully saturated rings. The number of nitrogens with one attached hydrogen (secondary N) is 1. The van der Waals surface area contributed by atoms with Crippen LogP contribution in [-0.2, 0) is 6.54 Å². The van der Waals surface area contributed by atoms with Crippen molar-refractivity contribution in [3.05, 3.63) is 60.2 Å². The Bertz CT molecular complexity index is 639. The number of nitrogens with zero attached hydrogens (tertiary/aromatic N) is 2. The van der Waals surface area contributed by atoms with Gasteiger partial charge in [-0.05, 0) is 49.2 Å². The normalized spacial score (nSPS) is 14.7. The maximum Gasteiger partial charge on any atom is 0.322 e. The van der Waals surface area contributed by atoms with Crippen LogP contribution in [0.4, 0.5) is 14.9 Å². The fraction of sp³-hybridized carbons (Fsp3) is 0.333. The Morgan fingerprint density at radius 3 is 2.57 bits per heavy atom. The van der Waals surface area contributed by atoms with Crippen LogP contribution in [0.15, 0.2) is 48.7 Å². The van der Waals surface area contributed by atoms with E-state index in [9.17, 15) is 9.18 Å². The number of hydrogen-bond donors (Lipinski definition) is 1. The van der Waals surface area contributed by atoms with Crippen molar-refractivity contribution in [1.82, 2.24) is 9.88 Å². The summed E-state index contributed by atoms with van der Waals surface area (Å²) in [5, 5.41) is 2.86. The van der Waals surface area contributed by atoms with Crippen molar-refractivity contribution in [1.29, 1.82) is 0 Å². The second-order valence-electron chi connectivity index (χ2n) is 5.82. The van der Waals surface area contributed by atoms with Crippen molar-refractivity contribution in [3.63, 3.8) is 0 Å². The third kappa shape index (κ3) is 4.06. The van der Waals surface area contributed by atoms with Gasteiger partial charge in [0.15, 0.2) is 0 Å². The van der Waals surface area contributed by atoms with Gasteiger partial charge in [0.25, 0.3) is 0 Å². The lowest BCUT2D eigenvalue weighted by Gasteiger charge is -2.29. The molecule has 1 heterocycles. The first kappa shape index (κ1) is 15.5. The zero-order chi connectivity index (χ0) is 16.1. The maximum absolute atomic E-state index is 13.0. The van der Waals surface area contributed by atoms with Crippen LogP contribution < -0.4 is 5.32 Å². The molecule has 2 aromatic rings. The molecule has 1 N–H and O–H groups in total. The molecule has 120 valence electrons. The van der Waals surface area contributed by atoms with Crippen LogP contribution in [0.5, 0.6) is 0 Å². The predicted octanol–water partition coefficient (Wildman–Crippen LogP) is 4.20. The number of pyridine rings is 1. The number of aromatic nitrogens is 1. The Morgan fingerprint density at radius 1 is 1.17 bits per heavy atom. The summed E-state index contributed by atoms with van der Waals surface area (Å²) in [6.07, 6.45) is 6.06. The van der Waals surface area contributed by atoms with E-state index in [1.165, 1.54) is 12.1 Å². The summed E-state index contributed by atoms with van der Waals surface area (Å²) in [7, 11) is 0. The summed E-state index contributed by atoms with van der Waals surface area (Å²) in [5.41, 5.74) is 1.47. The van der Waals surface area contributed by atoms with Crippen LogP contribution in [0, 0.1) is 5.82 Å². The summed E-state index contributed by atoms with van der Waals surface area (Å²) in [6, 6.07) is 11.6. The first-order chi connectivity index (χ1) is 11.2. The Morgan fingerprint density at radius 2 is 1.91 bits per heavy atom. The second-order valence-corrected chi connectivity index (χ2v) is 5.82. The lowest BCUT2D eigenvalue weighted by molar-refractivity contribution is 0.183. The number of urea groups is 1. The summed E-state index contributed by atoms with van der Waals surface area (Å²) in [6.45, 7) is 0.485. The van der Waals surface area contributed by atoms with Gasteiger partial charge in [0.2, 0.25) is 0 Å². The molecular formula is C18H20FN3O. The number of anilines is 1. The van der Waals surface area contributed by atoms with Gasteiger partial charge in [0.1, 0.15) is 5.82 Å². The monoisotopic (exact) mass is 313 g/mol.